The van der Waals surface area contributed by atoms with Gasteiger partial charge in [-0.2, -0.15) is 0 Å². The van der Waals surface area contributed by atoms with Gasteiger partial charge in [-0.1, -0.05) is 25.0 Å². The molecule has 1 aliphatic carbocycles. The lowest BCUT2D eigenvalue weighted by atomic mass is 9.78. The minimum absolute atomic E-state index is 0.698. The highest BCUT2D eigenvalue weighted by Gasteiger charge is 2.44. The smallest absolute Gasteiger partial charge is 0.314 e. The number of rotatable bonds is 2. The van der Waals surface area contributed by atoms with E-state index in [9.17, 15) is 9.90 Å². The SMILES string of the molecule is Cc1nc2cccc(C3(C(=O)O)CCCC3)c2n1C. The number of carboxylic acids is 1. The molecule has 0 unspecified atom stereocenters. The van der Waals surface area contributed by atoms with Crippen molar-refractivity contribution in [3.05, 3.63) is 29.6 Å². The van der Waals surface area contributed by atoms with Gasteiger partial charge in [0, 0.05) is 7.05 Å². The van der Waals surface area contributed by atoms with Crippen LogP contribution in [0.15, 0.2) is 18.2 Å². The molecule has 4 nitrogen and oxygen atoms in total. The van der Waals surface area contributed by atoms with Crippen LogP contribution >= 0.6 is 0 Å². The molecule has 1 heterocycles. The zero-order valence-corrected chi connectivity index (χ0v) is 11.3. The molecule has 3 rings (SSSR count). The molecule has 0 aliphatic heterocycles. The summed E-state index contributed by atoms with van der Waals surface area (Å²) in [6, 6.07) is 5.84. The molecule has 0 atom stereocenters. The van der Waals surface area contributed by atoms with E-state index in [0.29, 0.717) is 0 Å². The maximum Gasteiger partial charge on any atom is 0.314 e. The first-order chi connectivity index (χ1) is 9.06. The molecule has 19 heavy (non-hydrogen) atoms. The lowest BCUT2D eigenvalue weighted by molar-refractivity contribution is -0.143. The largest absolute Gasteiger partial charge is 0.481 e. The van der Waals surface area contributed by atoms with Gasteiger partial charge in [0.1, 0.15) is 5.82 Å². The van der Waals surface area contributed by atoms with Crippen LogP contribution in [-0.4, -0.2) is 20.6 Å². The molecule has 100 valence electrons. The third kappa shape index (κ3) is 1.59. The van der Waals surface area contributed by atoms with Crippen LogP contribution < -0.4 is 0 Å². The highest BCUT2D eigenvalue weighted by molar-refractivity contribution is 5.90. The van der Waals surface area contributed by atoms with Crippen molar-refractivity contribution in [1.29, 1.82) is 0 Å². The summed E-state index contributed by atoms with van der Waals surface area (Å²) < 4.78 is 2.01. The average Bonchev–Trinajstić information content (AvgIpc) is 2.97. The third-order valence-electron chi connectivity index (χ3n) is 4.50. The number of para-hydroxylation sites is 1. The Hall–Kier alpha value is -1.84. The molecule has 2 aromatic rings. The molecule has 0 bridgehead atoms. The summed E-state index contributed by atoms with van der Waals surface area (Å²) in [5.41, 5.74) is 2.08. The summed E-state index contributed by atoms with van der Waals surface area (Å²) in [5, 5.41) is 9.74. The van der Waals surface area contributed by atoms with Crippen LogP contribution in [0.1, 0.15) is 37.1 Å². The number of imidazole rings is 1. The number of aliphatic carboxylic acids is 1. The summed E-state index contributed by atoms with van der Waals surface area (Å²) in [6.45, 7) is 1.95. The Labute approximate surface area is 112 Å². The molecule has 1 aromatic carbocycles. The number of hydrogen-bond donors (Lipinski definition) is 1. The second kappa shape index (κ2) is 4.08. The van der Waals surface area contributed by atoms with Crippen molar-refractivity contribution in [2.45, 2.75) is 38.0 Å². The van der Waals surface area contributed by atoms with Gasteiger partial charge < -0.3 is 9.67 Å². The summed E-state index contributed by atoms with van der Waals surface area (Å²) in [7, 11) is 1.96. The second-order valence-electron chi connectivity index (χ2n) is 5.49. The molecule has 0 saturated heterocycles. The van der Waals surface area contributed by atoms with E-state index >= 15 is 0 Å². The highest BCUT2D eigenvalue weighted by atomic mass is 16.4. The van der Waals surface area contributed by atoms with Gasteiger partial charge in [0.05, 0.1) is 16.4 Å². The van der Waals surface area contributed by atoms with E-state index in [4.69, 9.17) is 0 Å². The first kappa shape index (κ1) is 12.2. The second-order valence-corrected chi connectivity index (χ2v) is 5.49. The van der Waals surface area contributed by atoms with Crippen molar-refractivity contribution in [3.63, 3.8) is 0 Å². The monoisotopic (exact) mass is 258 g/mol. The van der Waals surface area contributed by atoms with Crippen LogP contribution in [0.25, 0.3) is 11.0 Å². The van der Waals surface area contributed by atoms with Gasteiger partial charge in [-0.3, -0.25) is 4.79 Å². The van der Waals surface area contributed by atoms with Gasteiger partial charge in [0.15, 0.2) is 0 Å². The first-order valence-electron chi connectivity index (χ1n) is 6.72. The number of carboxylic acid groups (broad SMARTS) is 1. The third-order valence-corrected chi connectivity index (χ3v) is 4.50. The van der Waals surface area contributed by atoms with Crippen molar-refractivity contribution < 1.29 is 9.90 Å². The molecule has 0 amide bonds. The molecule has 0 radical (unpaired) electrons. The summed E-state index contributed by atoms with van der Waals surface area (Å²) in [4.78, 5) is 16.4. The van der Waals surface area contributed by atoms with Crippen molar-refractivity contribution in [3.8, 4) is 0 Å². The average molecular weight is 258 g/mol. The van der Waals surface area contributed by atoms with E-state index in [2.05, 4.69) is 4.98 Å². The standard InChI is InChI=1S/C15H18N2O2/c1-10-16-12-7-5-6-11(13(12)17(10)2)15(14(18)19)8-3-4-9-15/h5-7H,3-4,8-9H2,1-2H3,(H,18,19). The van der Waals surface area contributed by atoms with Gasteiger partial charge in [-0.15, -0.1) is 0 Å². The number of carbonyl (C=O) groups is 1. The van der Waals surface area contributed by atoms with Crippen LogP contribution in [0.3, 0.4) is 0 Å². The van der Waals surface area contributed by atoms with Crippen LogP contribution in [-0.2, 0) is 17.3 Å². The Morgan fingerprint density at radius 1 is 1.37 bits per heavy atom. The van der Waals surface area contributed by atoms with Gasteiger partial charge >= 0.3 is 5.97 Å². The Bertz CT molecular complexity index is 651. The van der Waals surface area contributed by atoms with Crippen LogP contribution in [0.2, 0.25) is 0 Å². The zero-order valence-electron chi connectivity index (χ0n) is 11.3. The highest BCUT2D eigenvalue weighted by Crippen LogP contribution is 2.43. The predicted molar refractivity (Wildman–Crippen MR) is 73.2 cm³/mol. The lowest BCUT2D eigenvalue weighted by Crippen LogP contribution is -2.33. The van der Waals surface area contributed by atoms with Gasteiger partial charge in [-0.05, 0) is 31.4 Å². The number of nitrogens with zero attached hydrogens (tertiary/aromatic N) is 2. The first-order valence-corrected chi connectivity index (χ1v) is 6.72. The number of aromatic nitrogens is 2. The molecule has 1 fully saturated rings. The van der Waals surface area contributed by atoms with Crippen LogP contribution in [0.5, 0.6) is 0 Å². The molecule has 1 aliphatic rings. The fraction of sp³-hybridized carbons (Fsp3) is 0.467. The molecule has 1 aromatic heterocycles. The minimum Gasteiger partial charge on any atom is -0.481 e. The van der Waals surface area contributed by atoms with E-state index in [-0.39, 0.29) is 0 Å². The van der Waals surface area contributed by atoms with E-state index in [1.54, 1.807) is 0 Å². The summed E-state index contributed by atoms with van der Waals surface area (Å²) in [6.07, 6.45) is 3.43. The van der Waals surface area contributed by atoms with Crippen molar-refractivity contribution in [1.82, 2.24) is 9.55 Å². The molecule has 1 N–H and O–H groups in total. The fourth-order valence-electron chi connectivity index (χ4n) is 3.35. The molecule has 4 heteroatoms. The Kier molecular flexibility index (Phi) is 2.62. The summed E-state index contributed by atoms with van der Waals surface area (Å²) >= 11 is 0. The Morgan fingerprint density at radius 2 is 2.05 bits per heavy atom. The zero-order chi connectivity index (χ0) is 13.6. The van der Waals surface area contributed by atoms with Crippen molar-refractivity contribution >= 4 is 17.0 Å². The quantitative estimate of drug-likeness (QED) is 0.901. The molecular formula is C15H18N2O2. The number of aryl methyl sites for hydroxylation is 2. The number of benzene rings is 1. The summed E-state index contributed by atoms with van der Waals surface area (Å²) in [5.74, 6) is 0.220. The minimum atomic E-state index is -0.722. The van der Waals surface area contributed by atoms with Gasteiger partial charge in [-0.25, -0.2) is 4.98 Å². The fourth-order valence-corrected chi connectivity index (χ4v) is 3.35. The van der Waals surface area contributed by atoms with Crippen molar-refractivity contribution in [2.75, 3.05) is 0 Å². The normalized spacial score (nSPS) is 18.0. The van der Waals surface area contributed by atoms with Gasteiger partial charge in [0.2, 0.25) is 0 Å². The van der Waals surface area contributed by atoms with Crippen LogP contribution in [0, 0.1) is 6.92 Å². The van der Waals surface area contributed by atoms with Crippen molar-refractivity contribution in [2.24, 2.45) is 7.05 Å². The van der Waals surface area contributed by atoms with E-state index in [1.807, 2.05) is 36.7 Å². The Balaban J connectivity index is 2.33. The van der Waals surface area contributed by atoms with Gasteiger partial charge in [0.25, 0.3) is 0 Å². The molecule has 0 spiro atoms. The van der Waals surface area contributed by atoms with Crippen LogP contribution in [0.4, 0.5) is 0 Å². The Morgan fingerprint density at radius 3 is 2.68 bits per heavy atom. The topological polar surface area (TPSA) is 55.1 Å². The number of hydrogen-bond acceptors (Lipinski definition) is 2. The molecule has 1 saturated carbocycles. The maximum atomic E-state index is 11.9. The van der Waals surface area contributed by atoms with E-state index < -0.39 is 11.4 Å². The molecular weight excluding hydrogens is 240 g/mol. The van der Waals surface area contributed by atoms with E-state index in [1.165, 1.54) is 0 Å². The number of fused-ring (bicyclic) bond motifs is 1. The lowest BCUT2D eigenvalue weighted by Gasteiger charge is -2.25. The maximum absolute atomic E-state index is 11.9. The van der Waals surface area contributed by atoms with E-state index in [0.717, 1.165) is 48.1 Å². The predicted octanol–water partition coefficient (Wildman–Crippen LogP) is 2.78.